The van der Waals surface area contributed by atoms with Gasteiger partial charge in [0.15, 0.2) is 0 Å². The molecule has 1 aromatic rings. The van der Waals surface area contributed by atoms with Crippen LogP contribution in [0.1, 0.15) is 31.2 Å². The second-order valence-electron chi connectivity index (χ2n) is 8.44. The highest BCUT2D eigenvalue weighted by atomic mass is 16.2. The number of likely N-dealkylation sites (tertiary alicyclic amines) is 1. The first-order valence-corrected chi connectivity index (χ1v) is 10.4. The van der Waals surface area contributed by atoms with Gasteiger partial charge in [-0.15, -0.1) is 0 Å². The molecule has 0 N–H and O–H groups in total. The third-order valence-electron chi connectivity index (χ3n) is 6.59. The van der Waals surface area contributed by atoms with Crippen LogP contribution in [0.2, 0.25) is 0 Å². The molecule has 3 amide bonds. The molecule has 2 saturated heterocycles. The summed E-state index contributed by atoms with van der Waals surface area (Å²) in [5.41, 5.74) is 0.547. The molecule has 150 valence electrons. The summed E-state index contributed by atoms with van der Waals surface area (Å²) in [6, 6.07) is 10.5. The van der Waals surface area contributed by atoms with Crippen LogP contribution >= 0.6 is 0 Å². The fraction of sp³-hybridized carbons (Fsp3) is 0.591. The lowest BCUT2D eigenvalue weighted by molar-refractivity contribution is -0.152. The van der Waals surface area contributed by atoms with Gasteiger partial charge in [0.1, 0.15) is 5.41 Å². The number of piperidine rings is 1. The number of benzene rings is 1. The summed E-state index contributed by atoms with van der Waals surface area (Å²) in [6.07, 6.45) is 5.24. The molecule has 1 aliphatic carbocycles. The Morgan fingerprint density at radius 3 is 2.00 bits per heavy atom. The fourth-order valence-corrected chi connectivity index (χ4v) is 4.57. The Balaban J connectivity index is 1.31. The van der Waals surface area contributed by atoms with Crippen LogP contribution in [0.25, 0.3) is 0 Å². The lowest BCUT2D eigenvalue weighted by atomic mass is 9.89. The van der Waals surface area contributed by atoms with E-state index in [0.717, 1.165) is 38.8 Å². The van der Waals surface area contributed by atoms with Gasteiger partial charge in [-0.2, -0.15) is 0 Å². The van der Waals surface area contributed by atoms with E-state index in [1.807, 2.05) is 11.0 Å². The second-order valence-corrected chi connectivity index (χ2v) is 8.44. The highest BCUT2D eigenvalue weighted by Gasteiger charge is 2.59. The largest absolute Gasteiger partial charge is 0.342 e. The minimum absolute atomic E-state index is 0.0190. The molecular formula is C22H29N3O3. The van der Waals surface area contributed by atoms with E-state index in [-0.39, 0.29) is 11.8 Å². The first kappa shape index (κ1) is 19.0. The first-order valence-electron chi connectivity index (χ1n) is 10.4. The van der Waals surface area contributed by atoms with Crippen molar-refractivity contribution in [3.63, 3.8) is 0 Å². The van der Waals surface area contributed by atoms with E-state index in [2.05, 4.69) is 24.3 Å². The van der Waals surface area contributed by atoms with Crippen molar-refractivity contribution in [3.8, 4) is 0 Å². The molecule has 28 heavy (non-hydrogen) atoms. The minimum atomic E-state index is -0.810. The molecule has 2 heterocycles. The van der Waals surface area contributed by atoms with E-state index >= 15 is 0 Å². The van der Waals surface area contributed by atoms with Crippen molar-refractivity contribution in [1.29, 1.82) is 0 Å². The second kappa shape index (κ2) is 7.94. The molecule has 0 aromatic heterocycles. The molecule has 3 fully saturated rings. The Kier molecular flexibility index (Phi) is 5.38. The number of hydrogen-bond donors (Lipinski definition) is 0. The third-order valence-corrected chi connectivity index (χ3v) is 6.59. The zero-order valence-electron chi connectivity index (χ0n) is 16.4. The van der Waals surface area contributed by atoms with Crippen LogP contribution < -0.4 is 0 Å². The number of carbonyl (C=O) groups is 3. The van der Waals surface area contributed by atoms with Gasteiger partial charge >= 0.3 is 0 Å². The Morgan fingerprint density at radius 1 is 0.893 bits per heavy atom. The van der Waals surface area contributed by atoms with Crippen LogP contribution in [0, 0.1) is 11.3 Å². The maximum atomic E-state index is 13.2. The first-order chi connectivity index (χ1) is 13.6. The SMILES string of the molecule is O=CN1CCN(C(=O)C2(C(=O)N3CCC(Cc4ccccc4)CC3)CC2)CC1. The van der Waals surface area contributed by atoms with Crippen molar-refractivity contribution in [3.05, 3.63) is 35.9 Å². The lowest BCUT2D eigenvalue weighted by Crippen LogP contribution is -2.54. The summed E-state index contributed by atoms with van der Waals surface area (Å²) in [5.74, 6) is 0.622. The number of nitrogens with zero attached hydrogens (tertiary/aromatic N) is 3. The summed E-state index contributed by atoms with van der Waals surface area (Å²) in [5, 5.41) is 0. The summed E-state index contributed by atoms with van der Waals surface area (Å²) >= 11 is 0. The number of rotatable bonds is 5. The van der Waals surface area contributed by atoms with Crippen LogP contribution in [0.3, 0.4) is 0 Å². The van der Waals surface area contributed by atoms with Gasteiger partial charge in [-0.3, -0.25) is 14.4 Å². The topological polar surface area (TPSA) is 60.9 Å². The molecule has 3 aliphatic rings. The Hall–Kier alpha value is -2.37. The van der Waals surface area contributed by atoms with Gasteiger partial charge in [-0.05, 0) is 43.6 Å². The van der Waals surface area contributed by atoms with Crippen LogP contribution in [0.5, 0.6) is 0 Å². The van der Waals surface area contributed by atoms with Gasteiger partial charge in [0.2, 0.25) is 18.2 Å². The van der Waals surface area contributed by atoms with Crippen LogP contribution in [0.15, 0.2) is 30.3 Å². The van der Waals surface area contributed by atoms with Crippen LogP contribution in [-0.2, 0) is 20.8 Å². The molecular weight excluding hydrogens is 354 g/mol. The van der Waals surface area contributed by atoms with Crippen molar-refractivity contribution in [2.75, 3.05) is 39.3 Å². The number of carbonyl (C=O) groups excluding carboxylic acids is 3. The summed E-state index contributed by atoms with van der Waals surface area (Å²) in [4.78, 5) is 42.5. The van der Waals surface area contributed by atoms with E-state index in [9.17, 15) is 14.4 Å². The standard InChI is InChI=1S/C22H29N3O3/c26-17-23-12-14-25(15-13-23)21(28)22(8-9-22)20(27)24-10-6-19(7-11-24)16-18-4-2-1-3-5-18/h1-5,17,19H,6-16H2. The van der Waals surface area contributed by atoms with Gasteiger partial charge in [0.25, 0.3) is 0 Å². The summed E-state index contributed by atoms with van der Waals surface area (Å²) in [6.45, 7) is 3.70. The van der Waals surface area contributed by atoms with Crippen molar-refractivity contribution in [2.45, 2.75) is 32.1 Å². The van der Waals surface area contributed by atoms with Crippen molar-refractivity contribution >= 4 is 18.2 Å². The average Bonchev–Trinajstić information content (AvgIpc) is 3.56. The molecule has 0 unspecified atom stereocenters. The smallest absolute Gasteiger partial charge is 0.238 e. The molecule has 0 bridgehead atoms. The zero-order valence-corrected chi connectivity index (χ0v) is 16.4. The van der Waals surface area contributed by atoms with Gasteiger partial charge in [-0.25, -0.2) is 0 Å². The molecule has 2 aliphatic heterocycles. The van der Waals surface area contributed by atoms with Crippen LogP contribution in [0.4, 0.5) is 0 Å². The Bertz CT molecular complexity index is 716. The van der Waals surface area contributed by atoms with Gasteiger partial charge < -0.3 is 14.7 Å². The van der Waals surface area contributed by atoms with Crippen molar-refractivity contribution in [2.24, 2.45) is 11.3 Å². The average molecular weight is 383 g/mol. The van der Waals surface area contributed by atoms with E-state index in [4.69, 9.17) is 0 Å². The molecule has 0 radical (unpaired) electrons. The monoisotopic (exact) mass is 383 g/mol. The number of amides is 3. The van der Waals surface area contributed by atoms with Crippen molar-refractivity contribution in [1.82, 2.24) is 14.7 Å². The highest BCUT2D eigenvalue weighted by molar-refractivity contribution is 6.07. The lowest BCUT2D eigenvalue weighted by Gasteiger charge is -2.37. The van der Waals surface area contributed by atoms with Crippen LogP contribution in [-0.4, -0.2) is 72.2 Å². The molecule has 1 saturated carbocycles. The van der Waals surface area contributed by atoms with Gasteiger partial charge in [0.05, 0.1) is 0 Å². The Labute approximate surface area is 166 Å². The quantitative estimate of drug-likeness (QED) is 0.573. The van der Waals surface area contributed by atoms with E-state index in [1.54, 1.807) is 9.80 Å². The molecule has 1 aromatic carbocycles. The van der Waals surface area contributed by atoms with E-state index in [0.29, 0.717) is 44.9 Å². The maximum absolute atomic E-state index is 13.2. The predicted molar refractivity (Wildman–Crippen MR) is 105 cm³/mol. The predicted octanol–water partition coefficient (Wildman–Crippen LogP) is 1.55. The Morgan fingerprint density at radius 2 is 1.46 bits per heavy atom. The normalized spacial score (nSPS) is 22.1. The number of piperazine rings is 1. The van der Waals surface area contributed by atoms with E-state index in [1.165, 1.54) is 5.56 Å². The molecule has 0 spiro atoms. The van der Waals surface area contributed by atoms with Crippen molar-refractivity contribution < 1.29 is 14.4 Å². The molecule has 0 atom stereocenters. The molecule has 6 nitrogen and oxygen atoms in total. The van der Waals surface area contributed by atoms with E-state index < -0.39 is 5.41 Å². The zero-order chi connectivity index (χ0) is 19.6. The minimum Gasteiger partial charge on any atom is -0.342 e. The fourth-order valence-electron chi connectivity index (χ4n) is 4.57. The number of hydrogen-bond acceptors (Lipinski definition) is 3. The summed E-state index contributed by atoms with van der Waals surface area (Å²) in [7, 11) is 0. The maximum Gasteiger partial charge on any atom is 0.238 e. The molecule has 6 heteroatoms. The molecule has 4 rings (SSSR count). The van der Waals surface area contributed by atoms with Gasteiger partial charge in [0, 0.05) is 39.3 Å². The highest BCUT2D eigenvalue weighted by Crippen LogP contribution is 2.49. The third kappa shape index (κ3) is 3.77. The summed E-state index contributed by atoms with van der Waals surface area (Å²) < 4.78 is 0. The van der Waals surface area contributed by atoms with Gasteiger partial charge in [-0.1, -0.05) is 30.3 Å².